The number of halogens is 1. The first kappa shape index (κ1) is 9.73. The average molecular weight is 222 g/mol. The first-order valence-corrected chi connectivity index (χ1v) is 4.66. The molecule has 2 aromatic rings. The number of benzene rings is 1. The molecular weight excluding hydrogens is 214 g/mol. The van der Waals surface area contributed by atoms with E-state index in [9.17, 15) is 4.79 Å². The van der Waals surface area contributed by atoms with Crippen LogP contribution in [0.2, 0.25) is 5.02 Å². The van der Waals surface area contributed by atoms with Gasteiger partial charge in [-0.2, -0.15) is 0 Å². The van der Waals surface area contributed by atoms with Crippen LogP contribution in [-0.4, -0.2) is 9.97 Å². The largest absolute Gasteiger partial charge is 0.383 e. The van der Waals surface area contributed by atoms with Gasteiger partial charge in [0.25, 0.3) is 5.56 Å². The summed E-state index contributed by atoms with van der Waals surface area (Å²) in [6.45, 7) is 0. The molecule has 0 aliphatic carbocycles. The molecule has 2 rings (SSSR count). The Bertz CT molecular complexity index is 550. The Kier molecular flexibility index (Phi) is 2.43. The highest BCUT2D eigenvalue weighted by molar-refractivity contribution is 6.30. The van der Waals surface area contributed by atoms with Crippen LogP contribution in [0.15, 0.2) is 35.1 Å². The van der Waals surface area contributed by atoms with Gasteiger partial charge < -0.3 is 10.7 Å². The maximum Gasteiger partial charge on any atom is 0.253 e. The van der Waals surface area contributed by atoms with E-state index in [1.807, 2.05) is 0 Å². The van der Waals surface area contributed by atoms with Crippen LogP contribution >= 0.6 is 11.6 Å². The number of anilines is 1. The molecule has 0 aliphatic rings. The number of aromatic amines is 1. The summed E-state index contributed by atoms with van der Waals surface area (Å²) in [6.07, 6.45) is 0. The van der Waals surface area contributed by atoms with Crippen molar-refractivity contribution in [3.63, 3.8) is 0 Å². The second-order valence-corrected chi connectivity index (χ2v) is 3.47. The van der Waals surface area contributed by atoms with E-state index in [4.69, 9.17) is 17.3 Å². The number of nitrogens with two attached hydrogens (primary N) is 1. The Morgan fingerprint density at radius 3 is 2.80 bits per heavy atom. The molecule has 5 heteroatoms. The summed E-state index contributed by atoms with van der Waals surface area (Å²) in [5.41, 5.74) is 5.92. The molecule has 1 aromatic heterocycles. The van der Waals surface area contributed by atoms with E-state index in [2.05, 4.69) is 9.97 Å². The minimum Gasteiger partial charge on any atom is -0.383 e. The lowest BCUT2D eigenvalue weighted by atomic mass is 10.2. The van der Waals surface area contributed by atoms with Gasteiger partial charge in [-0.3, -0.25) is 4.79 Å². The zero-order valence-corrected chi connectivity index (χ0v) is 8.45. The standard InChI is InChI=1S/C10H8ClN3O/c11-7-3-1-2-6(4-7)10-13-8(12)5-9(15)14-10/h1-5H,(H3,12,13,14,15). The van der Waals surface area contributed by atoms with Crippen LogP contribution in [0.25, 0.3) is 11.4 Å². The number of hydrogen-bond acceptors (Lipinski definition) is 3. The van der Waals surface area contributed by atoms with Crippen LogP contribution in [0, 0.1) is 0 Å². The van der Waals surface area contributed by atoms with Crippen LogP contribution in [0.3, 0.4) is 0 Å². The minimum atomic E-state index is -0.280. The van der Waals surface area contributed by atoms with Crippen molar-refractivity contribution in [1.82, 2.24) is 9.97 Å². The number of hydrogen-bond donors (Lipinski definition) is 2. The molecule has 1 heterocycles. The SMILES string of the molecule is Nc1cc(=O)[nH]c(-c2cccc(Cl)c2)n1. The molecule has 0 bridgehead atoms. The first-order chi connectivity index (χ1) is 7.15. The van der Waals surface area contributed by atoms with Gasteiger partial charge in [0.15, 0.2) is 0 Å². The van der Waals surface area contributed by atoms with Crippen molar-refractivity contribution in [2.75, 3.05) is 5.73 Å². The Labute approximate surface area is 90.7 Å². The first-order valence-electron chi connectivity index (χ1n) is 4.28. The molecule has 0 spiro atoms. The Balaban J connectivity index is 2.59. The van der Waals surface area contributed by atoms with Gasteiger partial charge in [0.2, 0.25) is 0 Å². The molecule has 4 nitrogen and oxygen atoms in total. The fourth-order valence-electron chi connectivity index (χ4n) is 1.25. The second kappa shape index (κ2) is 3.74. The molecule has 0 saturated heterocycles. The van der Waals surface area contributed by atoms with Crippen molar-refractivity contribution in [1.29, 1.82) is 0 Å². The summed E-state index contributed by atoms with van der Waals surface area (Å²) in [6, 6.07) is 8.26. The fraction of sp³-hybridized carbons (Fsp3) is 0. The Morgan fingerprint density at radius 2 is 2.13 bits per heavy atom. The van der Waals surface area contributed by atoms with Gasteiger partial charge in [0.05, 0.1) is 0 Å². The number of nitrogens with zero attached hydrogens (tertiary/aromatic N) is 1. The quantitative estimate of drug-likeness (QED) is 0.770. The molecule has 0 amide bonds. The maximum atomic E-state index is 11.2. The number of nitrogens with one attached hydrogen (secondary N) is 1. The molecule has 76 valence electrons. The van der Waals surface area contributed by atoms with Crippen molar-refractivity contribution in [2.45, 2.75) is 0 Å². The molecule has 15 heavy (non-hydrogen) atoms. The summed E-state index contributed by atoms with van der Waals surface area (Å²) in [5.74, 6) is 0.608. The van der Waals surface area contributed by atoms with Gasteiger partial charge in [-0.05, 0) is 12.1 Å². The van der Waals surface area contributed by atoms with Crippen LogP contribution in [0.1, 0.15) is 0 Å². The number of aromatic nitrogens is 2. The van der Waals surface area contributed by atoms with Crippen molar-refractivity contribution >= 4 is 17.4 Å². The molecule has 0 saturated carbocycles. The van der Waals surface area contributed by atoms with Crippen LogP contribution in [0.5, 0.6) is 0 Å². The second-order valence-electron chi connectivity index (χ2n) is 3.03. The van der Waals surface area contributed by atoms with Crippen LogP contribution in [-0.2, 0) is 0 Å². The molecule has 0 atom stereocenters. The van der Waals surface area contributed by atoms with Crippen molar-refractivity contribution in [3.8, 4) is 11.4 Å². The lowest BCUT2D eigenvalue weighted by molar-refractivity contribution is 1.14. The van der Waals surface area contributed by atoms with E-state index in [0.29, 0.717) is 10.8 Å². The summed E-state index contributed by atoms with van der Waals surface area (Å²) in [5, 5.41) is 0.581. The fourth-order valence-corrected chi connectivity index (χ4v) is 1.44. The minimum absolute atomic E-state index is 0.189. The molecule has 0 unspecified atom stereocenters. The highest BCUT2D eigenvalue weighted by Gasteiger charge is 2.02. The zero-order valence-electron chi connectivity index (χ0n) is 7.70. The summed E-state index contributed by atoms with van der Waals surface area (Å²) >= 11 is 5.82. The third-order valence-corrected chi connectivity index (χ3v) is 2.09. The number of nitrogen functional groups attached to an aromatic ring is 1. The summed E-state index contributed by atoms with van der Waals surface area (Å²) < 4.78 is 0. The molecular formula is C10H8ClN3O. The third-order valence-electron chi connectivity index (χ3n) is 1.86. The van der Waals surface area contributed by atoms with Gasteiger partial charge >= 0.3 is 0 Å². The van der Waals surface area contributed by atoms with Gasteiger partial charge in [0, 0.05) is 16.7 Å². The highest BCUT2D eigenvalue weighted by Crippen LogP contribution is 2.18. The predicted molar refractivity (Wildman–Crippen MR) is 59.7 cm³/mol. The highest BCUT2D eigenvalue weighted by atomic mass is 35.5. The number of H-pyrrole nitrogens is 1. The van der Waals surface area contributed by atoms with E-state index in [1.165, 1.54) is 6.07 Å². The van der Waals surface area contributed by atoms with Crippen molar-refractivity contribution < 1.29 is 0 Å². The summed E-state index contributed by atoms with van der Waals surface area (Å²) in [7, 11) is 0. The monoisotopic (exact) mass is 221 g/mol. The zero-order chi connectivity index (χ0) is 10.8. The lowest BCUT2D eigenvalue weighted by Crippen LogP contribution is -2.09. The van der Waals surface area contributed by atoms with E-state index >= 15 is 0 Å². The Morgan fingerprint density at radius 1 is 1.33 bits per heavy atom. The van der Waals surface area contributed by atoms with Crippen LogP contribution < -0.4 is 11.3 Å². The van der Waals surface area contributed by atoms with E-state index in [0.717, 1.165) is 5.56 Å². The average Bonchev–Trinajstić information content (AvgIpc) is 2.16. The third kappa shape index (κ3) is 2.16. The predicted octanol–water partition coefficient (Wildman–Crippen LogP) is 1.67. The molecule has 0 radical (unpaired) electrons. The van der Waals surface area contributed by atoms with Gasteiger partial charge in [-0.1, -0.05) is 23.7 Å². The Hall–Kier alpha value is -1.81. The molecule has 1 aromatic carbocycles. The molecule has 3 N–H and O–H groups in total. The molecule has 0 fully saturated rings. The van der Waals surface area contributed by atoms with Crippen molar-refractivity contribution in [3.05, 3.63) is 45.7 Å². The topological polar surface area (TPSA) is 71.8 Å². The normalized spacial score (nSPS) is 10.2. The van der Waals surface area contributed by atoms with Gasteiger partial charge in [0.1, 0.15) is 11.6 Å². The van der Waals surface area contributed by atoms with E-state index in [-0.39, 0.29) is 11.4 Å². The summed E-state index contributed by atoms with van der Waals surface area (Å²) in [4.78, 5) is 17.8. The number of rotatable bonds is 1. The van der Waals surface area contributed by atoms with Crippen molar-refractivity contribution in [2.24, 2.45) is 0 Å². The van der Waals surface area contributed by atoms with Gasteiger partial charge in [-0.25, -0.2) is 4.98 Å². The smallest absolute Gasteiger partial charge is 0.253 e. The van der Waals surface area contributed by atoms with E-state index in [1.54, 1.807) is 24.3 Å². The maximum absolute atomic E-state index is 11.2. The van der Waals surface area contributed by atoms with E-state index < -0.39 is 0 Å². The van der Waals surface area contributed by atoms with Crippen LogP contribution in [0.4, 0.5) is 5.82 Å². The van der Waals surface area contributed by atoms with Gasteiger partial charge in [-0.15, -0.1) is 0 Å². The molecule has 0 aliphatic heterocycles. The lowest BCUT2D eigenvalue weighted by Gasteiger charge is -2.01.